The Labute approximate surface area is 194 Å². The van der Waals surface area contributed by atoms with Crippen LogP contribution in [0.3, 0.4) is 0 Å². The number of methoxy groups -OCH3 is 1. The van der Waals surface area contributed by atoms with Gasteiger partial charge in [-0.25, -0.2) is 4.79 Å². The molecule has 2 atom stereocenters. The normalized spacial score (nSPS) is 13.3. The first-order chi connectivity index (χ1) is 15.1. The van der Waals surface area contributed by atoms with Crippen molar-refractivity contribution in [1.29, 1.82) is 0 Å². The summed E-state index contributed by atoms with van der Waals surface area (Å²) < 4.78 is 15.9. The SMILES string of the molecule is CCCCCCCCCCC(CCCCCCCC)CCOC(=O)COCC(C)OC. The van der Waals surface area contributed by atoms with E-state index in [0.29, 0.717) is 19.1 Å². The molecule has 0 bridgehead atoms. The third kappa shape index (κ3) is 22.4. The summed E-state index contributed by atoms with van der Waals surface area (Å²) in [5.41, 5.74) is 0. The highest BCUT2D eigenvalue weighted by atomic mass is 16.6. The van der Waals surface area contributed by atoms with Crippen LogP contribution in [-0.4, -0.2) is 39.0 Å². The molecule has 2 unspecified atom stereocenters. The van der Waals surface area contributed by atoms with Crippen molar-refractivity contribution in [2.75, 3.05) is 26.9 Å². The molecule has 0 aliphatic heterocycles. The van der Waals surface area contributed by atoms with E-state index in [4.69, 9.17) is 14.2 Å². The van der Waals surface area contributed by atoms with Gasteiger partial charge in [-0.2, -0.15) is 0 Å². The number of carbonyl (C=O) groups is 1. The second-order valence-electron chi connectivity index (χ2n) is 9.26. The van der Waals surface area contributed by atoms with Crippen LogP contribution in [0.1, 0.15) is 130 Å². The highest BCUT2D eigenvalue weighted by molar-refractivity contribution is 5.70. The maximum absolute atomic E-state index is 11.9. The topological polar surface area (TPSA) is 44.8 Å². The predicted molar refractivity (Wildman–Crippen MR) is 132 cm³/mol. The van der Waals surface area contributed by atoms with Gasteiger partial charge in [-0.3, -0.25) is 0 Å². The summed E-state index contributed by atoms with van der Waals surface area (Å²) in [5.74, 6) is 0.433. The van der Waals surface area contributed by atoms with Crippen molar-refractivity contribution in [3.8, 4) is 0 Å². The molecule has 0 aromatic heterocycles. The zero-order valence-electron chi connectivity index (χ0n) is 21.4. The summed E-state index contributed by atoms with van der Waals surface area (Å²) in [7, 11) is 1.64. The van der Waals surface area contributed by atoms with Crippen LogP contribution in [0.4, 0.5) is 0 Å². The molecular weight excluding hydrogens is 388 g/mol. The fourth-order valence-corrected chi connectivity index (χ4v) is 3.97. The molecule has 0 heterocycles. The Morgan fingerprint density at radius 2 is 1.19 bits per heavy atom. The van der Waals surface area contributed by atoms with Gasteiger partial charge in [-0.15, -0.1) is 0 Å². The van der Waals surface area contributed by atoms with Gasteiger partial charge >= 0.3 is 5.97 Å². The van der Waals surface area contributed by atoms with Crippen LogP contribution in [0.2, 0.25) is 0 Å². The highest BCUT2D eigenvalue weighted by Crippen LogP contribution is 2.22. The Bertz CT molecular complexity index is 372. The van der Waals surface area contributed by atoms with E-state index in [2.05, 4.69) is 13.8 Å². The molecule has 0 spiro atoms. The van der Waals surface area contributed by atoms with Crippen LogP contribution in [0.25, 0.3) is 0 Å². The molecule has 0 N–H and O–H groups in total. The molecule has 0 aliphatic rings. The molecule has 0 aromatic carbocycles. The van der Waals surface area contributed by atoms with E-state index in [0.717, 1.165) is 6.42 Å². The third-order valence-electron chi connectivity index (χ3n) is 6.20. The molecular formula is C27H54O4. The van der Waals surface area contributed by atoms with Crippen LogP contribution in [0.15, 0.2) is 0 Å². The summed E-state index contributed by atoms with van der Waals surface area (Å²) in [6.07, 6.45) is 22.6. The minimum atomic E-state index is -0.256. The number of ether oxygens (including phenoxy) is 3. The van der Waals surface area contributed by atoms with Gasteiger partial charge in [0, 0.05) is 7.11 Å². The number of rotatable bonds is 24. The first-order valence-corrected chi connectivity index (χ1v) is 13.4. The molecule has 4 heteroatoms. The summed E-state index contributed by atoms with van der Waals surface area (Å²) in [4.78, 5) is 11.9. The molecule has 0 rings (SSSR count). The fraction of sp³-hybridized carbons (Fsp3) is 0.963. The minimum Gasteiger partial charge on any atom is -0.464 e. The first kappa shape index (κ1) is 30.4. The minimum absolute atomic E-state index is 0.00107. The summed E-state index contributed by atoms with van der Waals surface area (Å²) in [5, 5.41) is 0. The maximum Gasteiger partial charge on any atom is 0.332 e. The standard InChI is InChI=1S/C27H54O4/c1-5-7-9-11-13-14-16-18-20-26(19-17-15-12-10-8-6-2)21-22-31-27(28)24-30-23-25(3)29-4/h25-26H,5-24H2,1-4H3. The lowest BCUT2D eigenvalue weighted by atomic mass is 9.91. The van der Waals surface area contributed by atoms with E-state index in [1.165, 1.54) is 103 Å². The molecule has 0 saturated carbocycles. The summed E-state index contributed by atoms with van der Waals surface area (Å²) in [6, 6.07) is 0. The van der Waals surface area contributed by atoms with Crippen molar-refractivity contribution in [2.45, 2.75) is 136 Å². The van der Waals surface area contributed by atoms with Crippen molar-refractivity contribution < 1.29 is 19.0 Å². The molecule has 0 fully saturated rings. The van der Waals surface area contributed by atoms with Gasteiger partial charge in [0.25, 0.3) is 0 Å². The van der Waals surface area contributed by atoms with E-state index >= 15 is 0 Å². The number of carbonyl (C=O) groups excluding carboxylic acids is 1. The number of hydrogen-bond donors (Lipinski definition) is 0. The van der Waals surface area contributed by atoms with E-state index < -0.39 is 0 Å². The van der Waals surface area contributed by atoms with Gasteiger partial charge in [-0.1, -0.05) is 117 Å². The third-order valence-corrected chi connectivity index (χ3v) is 6.20. The average Bonchev–Trinajstić information content (AvgIpc) is 2.77. The zero-order chi connectivity index (χ0) is 23.0. The molecule has 0 saturated heterocycles. The maximum atomic E-state index is 11.9. The molecule has 0 aliphatic carbocycles. The monoisotopic (exact) mass is 442 g/mol. The van der Waals surface area contributed by atoms with E-state index in [-0.39, 0.29) is 18.7 Å². The van der Waals surface area contributed by atoms with Gasteiger partial charge in [0.1, 0.15) is 6.61 Å². The molecule has 4 nitrogen and oxygen atoms in total. The van der Waals surface area contributed by atoms with E-state index in [9.17, 15) is 4.79 Å². The van der Waals surface area contributed by atoms with E-state index in [1.54, 1.807) is 7.11 Å². The lowest BCUT2D eigenvalue weighted by Crippen LogP contribution is -2.20. The summed E-state index contributed by atoms with van der Waals surface area (Å²) in [6.45, 7) is 7.43. The van der Waals surface area contributed by atoms with Crippen LogP contribution < -0.4 is 0 Å². The Hall–Kier alpha value is -0.610. The molecule has 0 radical (unpaired) electrons. The van der Waals surface area contributed by atoms with Crippen molar-refractivity contribution in [3.63, 3.8) is 0 Å². The van der Waals surface area contributed by atoms with Gasteiger partial charge in [0.15, 0.2) is 0 Å². The first-order valence-electron chi connectivity index (χ1n) is 13.4. The van der Waals surface area contributed by atoms with Crippen LogP contribution in [0, 0.1) is 5.92 Å². The largest absolute Gasteiger partial charge is 0.464 e. The molecule has 0 amide bonds. The van der Waals surface area contributed by atoms with Crippen molar-refractivity contribution in [3.05, 3.63) is 0 Å². The smallest absolute Gasteiger partial charge is 0.332 e. The second-order valence-corrected chi connectivity index (χ2v) is 9.26. The van der Waals surface area contributed by atoms with E-state index in [1.807, 2.05) is 6.92 Å². The predicted octanol–water partition coefficient (Wildman–Crippen LogP) is 7.87. The highest BCUT2D eigenvalue weighted by Gasteiger charge is 2.11. The average molecular weight is 443 g/mol. The fourth-order valence-electron chi connectivity index (χ4n) is 3.97. The van der Waals surface area contributed by atoms with Crippen molar-refractivity contribution >= 4 is 5.97 Å². The van der Waals surface area contributed by atoms with Gasteiger partial charge in [-0.05, 0) is 19.3 Å². The van der Waals surface area contributed by atoms with Crippen LogP contribution in [0.5, 0.6) is 0 Å². The van der Waals surface area contributed by atoms with Crippen LogP contribution in [-0.2, 0) is 19.0 Å². The Morgan fingerprint density at radius 3 is 1.68 bits per heavy atom. The molecule has 186 valence electrons. The quantitative estimate of drug-likeness (QED) is 0.113. The second kappa shape index (κ2) is 24.0. The molecule has 31 heavy (non-hydrogen) atoms. The van der Waals surface area contributed by atoms with Gasteiger partial charge < -0.3 is 14.2 Å². The zero-order valence-corrected chi connectivity index (χ0v) is 21.4. The van der Waals surface area contributed by atoms with Gasteiger partial charge in [0.2, 0.25) is 0 Å². The van der Waals surface area contributed by atoms with Crippen molar-refractivity contribution in [2.24, 2.45) is 5.92 Å². The van der Waals surface area contributed by atoms with Gasteiger partial charge in [0.05, 0.1) is 19.3 Å². The Morgan fingerprint density at radius 1 is 0.710 bits per heavy atom. The Balaban J connectivity index is 4.00. The van der Waals surface area contributed by atoms with Crippen molar-refractivity contribution in [1.82, 2.24) is 0 Å². The number of esters is 1. The van der Waals surface area contributed by atoms with Crippen LogP contribution >= 0.6 is 0 Å². The lowest BCUT2D eigenvalue weighted by Gasteiger charge is -2.17. The number of hydrogen-bond acceptors (Lipinski definition) is 4. The summed E-state index contributed by atoms with van der Waals surface area (Å²) >= 11 is 0. The molecule has 0 aromatic rings. The Kier molecular flexibility index (Phi) is 23.6. The number of unbranched alkanes of at least 4 members (excludes halogenated alkanes) is 12. The lowest BCUT2D eigenvalue weighted by molar-refractivity contribution is -0.150.